The molecule has 1 aromatic heterocycles. The van der Waals surface area contributed by atoms with Gasteiger partial charge in [0.2, 0.25) is 0 Å². The summed E-state index contributed by atoms with van der Waals surface area (Å²) in [5, 5.41) is 2.84. The zero-order valence-corrected chi connectivity index (χ0v) is 26.4. The quantitative estimate of drug-likeness (QED) is 0.146. The maximum absolute atomic E-state index is 13.8. The molecule has 0 saturated carbocycles. The van der Waals surface area contributed by atoms with Crippen LogP contribution in [-0.2, 0) is 37.4 Å². The molecular formula is C25H44N5O9PS. The largest absolute Gasteiger partial charge is 0.465 e. The summed E-state index contributed by atoms with van der Waals surface area (Å²) in [5.74, 6) is -0.847. The van der Waals surface area contributed by atoms with E-state index in [-0.39, 0.29) is 49.2 Å². The average Bonchev–Trinajstić information content (AvgIpc) is 3.17. The van der Waals surface area contributed by atoms with Gasteiger partial charge in [0.25, 0.3) is 0 Å². The van der Waals surface area contributed by atoms with E-state index < -0.39 is 55.2 Å². The highest BCUT2D eigenvalue weighted by Gasteiger charge is 2.45. The molecule has 0 radical (unpaired) electrons. The molecule has 1 aliphatic rings. The fourth-order valence-electron chi connectivity index (χ4n) is 3.73. The van der Waals surface area contributed by atoms with Gasteiger partial charge in [0.1, 0.15) is 5.82 Å². The van der Waals surface area contributed by atoms with E-state index in [2.05, 4.69) is 10.1 Å². The minimum atomic E-state index is -3.96. The van der Waals surface area contributed by atoms with Gasteiger partial charge in [-0.3, -0.25) is 23.2 Å². The van der Waals surface area contributed by atoms with Crippen LogP contribution in [0.25, 0.3) is 0 Å². The number of nitrogen functional groups attached to an aromatic ring is 1. The van der Waals surface area contributed by atoms with E-state index in [0.717, 1.165) is 11.8 Å². The van der Waals surface area contributed by atoms with Gasteiger partial charge in [-0.25, -0.2) is 14.4 Å². The van der Waals surface area contributed by atoms with E-state index in [4.69, 9.17) is 34.7 Å². The van der Waals surface area contributed by atoms with Crippen LogP contribution in [0.5, 0.6) is 0 Å². The minimum absolute atomic E-state index is 0.0244. The van der Waals surface area contributed by atoms with Crippen LogP contribution in [0.1, 0.15) is 54.7 Å². The summed E-state index contributed by atoms with van der Waals surface area (Å²) in [6.45, 7) is 12.0. The van der Waals surface area contributed by atoms with Gasteiger partial charge < -0.3 is 25.7 Å². The van der Waals surface area contributed by atoms with Crippen molar-refractivity contribution in [2.45, 2.75) is 79.0 Å². The number of rotatable bonds is 15. The molecule has 2 heterocycles. The standard InChI is InChI=1S/C25H44N5O9PS/c1-15(2)35-12-16(3)29-40(34,37-10-11-41-23(32)25(5,6)7)38-14-19-18(13-36-17(4)31)21(27)22(39-19)30-9-8-20(26)28-24(30)33/h8-9,15-16,18-19,21-22H,10-14,27H2,1-7H3,(H,29,34)(H2,26,28,33)/t16-,18+,19+,21+,22+,40?/m0/s1. The highest BCUT2D eigenvalue weighted by molar-refractivity contribution is 8.13. The maximum Gasteiger partial charge on any atom is 0.405 e. The lowest BCUT2D eigenvalue weighted by Gasteiger charge is -2.26. The predicted octanol–water partition coefficient (Wildman–Crippen LogP) is 2.08. The smallest absolute Gasteiger partial charge is 0.405 e. The molecule has 0 bridgehead atoms. The first kappa shape index (κ1) is 35.4. The molecule has 1 aliphatic heterocycles. The van der Waals surface area contributed by atoms with Crippen LogP contribution in [0, 0.1) is 11.3 Å². The molecule has 1 aromatic rings. The van der Waals surface area contributed by atoms with Crippen molar-refractivity contribution in [3.8, 4) is 0 Å². The van der Waals surface area contributed by atoms with E-state index >= 15 is 0 Å². The van der Waals surface area contributed by atoms with Crippen molar-refractivity contribution in [2.75, 3.05) is 37.9 Å². The van der Waals surface area contributed by atoms with Crippen molar-refractivity contribution in [3.63, 3.8) is 0 Å². The van der Waals surface area contributed by atoms with Gasteiger partial charge >= 0.3 is 19.4 Å². The normalized spacial score (nSPS) is 23.3. The highest BCUT2D eigenvalue weighted by Crippen LogP contribution is 2.46. The van der Waals surface area contributed by atoms with Gasteiger partial charge in [0, 0.05) is 36.2 Å². The van der Waals surface area contributed by atoms with Gasteiger partial charge in [0.15, 0.2) is 11.3 Å². The highest BCUT2D eigenvalue weighted by atomic mass is 32.2. The Labute approximate surface area is 245 Å². The number of aromatic nitrogens is 2. The first-order valence-corrected chi connectivity index (χ1v) is 15.9. The monoisotopic (exact) mass is 621 g/mol. The molecule has 0 spiro atoms. The summed E-state index contributed by atoms with van der Waals surface area (Å²) in [4.78, 5) is 40.0. The molecule has 234 valence electrons. The van der Waals surface area contributed by atoms with Gasteiger partial charge in [0.05, 0.1) is 44.7 Å². The third-order valence-corrected chi connectivity index (χ3v) is 8.89. The van der Waals surface area contributed by atoms with Crippen LogP contribution >= 0.6 is 19.5 Å². The Hall–Kier alpha value is -1.84. The SMILES string of the molecule is CC(=O)OC[C@H]1[C@@H](N)[C@H](n2ccc(N)nc2=O)O[C@@H]1COP(=O)(N[C@@H](C)COC(C)C)OCCSC(=O)C(C)(C)C. The molecule has 0 amide bonds. The number of esters is 1. The number of hydrogen-bond donors (Lipinski definition) is 3. The fourth-order valence-corrected chi connectivity index (χ4v) is 6.15. The molecule has 1 saturated heterocycles. The maximum atomic E-state index is 13.8. The Morgan fingerprint density at radius 3 is 2.51 bits per heavy atom. The van der Waals surface area contributed by atoms with Gasteiger partial charge in [-0.1, -0.05) is 32.5 Å². The molecule has 6 atom stereocenters. The first-order chi connectivity index (χ1) is 19.0. The van der Waals surface area contributed by atoms with Crippen LogP contribution in [0.15, 0.2) is 17.1 Å². The first-order valence-electron chi connectivity index (χ1n) is 13.4. The second-order valence-corrected chi connectivity index (χ2v) is 13.9. The molecule has 1 fully saturated rings. The third-order valence-electron chi connectivity index (χ3n) is 5.88. The van der Waals surface area contributed by atoms with Crippen molar-refractivity contribution in [3.05, 3.63) is 22.7 Å². The van der Waals surface area contributed by atoms with Crippen molar-refractivity contribution in [1.82, 2.24) is 14.6 Å². The fraction of sp³-hybridized carbons (Fsp3) is 0.760. The number of ether oxygens (including phenoxy) is 3. The number of nitrogens with two attached hydrogens (primary N) is 2. The van der Waals surface area contributed by atoms with Gasteiger partial charge in [-0.2, -0.15) is 4.98 Å². The molecule has 2 rings (SSSR count). The lowest BCUT2D eigenvalue weighted by atomic mass is 9.97. The Morgan fingerprint density at radius 2 is 1.93 bits per heavy atom. The Kier molecular flexibility index (Phi) is 13.4. The van der Waals surface area contributed by atoms with Gasteiger partial charge in [-0.15, -0.1) is 0 Å². The lowest BCUT2D eigenvalue weighted by Crippen LogP contribution is -2.41. The third kappa shape index (κ3) is 11.4. The van der Waals surface area contributed by atoms with Crippen LogP contribution in [0.3, 0.4) is 0 Å². The van der Waals surface area contributed by atoms with Crippen LogP contribution in [0.2, 0.25) is 0 Å². The number of hydrogen-bond acceptors (Lipinski definition) is 13. The Morgan fingerprint density at radius 1 is 1.24 bits per heavy atom. The number of thioether (sulfide) groups is 1. The van der Waals surface area contributed by atoms with E-state index in [0.29, 0.717) is 0 Å². The lowest BCUT2D eigenvalue weighted by molar-refractivity contribution is -0.143. The average molecular weight is 622 g/mol. The zero-order chi connectivity index (χ0) is 31.0. The Bertz CT molecular complexity index is 1130. The van der Waals surface area contributed by atoms with Crippen molar-refractivity contribution >= 4 is 36.4 Å². The molecular weight excluding hydrogens is 577 g/mol. The molecule has 1 unspecified atom stereocenters. The summed E-state index contributed by atoms with van der Waals surface area (Å²) in [7, 11) is -3.96. The van der Waals surface area contributed by atoms with Crippen molar-refractivity contribution < 1.29 is 37.4 Å². The summed E-state index contributed by atoms with van der Waals surface area (Å²) in [6, 6.07) is 0.206. The van der Waals surface area contributed by atoms with Crippen LogP contribution in [-0.4, -0.2) is 77.1 Å². The summed E-state index contributed by atoms with van der Waals surface area (Å²) < 4.78 is 43.3. The molecule has 5 N–H and O–H groups in total. The minimum Gasteiger partial charge on any atom is -0.465 e. The van der Waals surface area contributed by atoms with E-state index in [9.17, 15) is 18.9 Å². The molecule has 0 aliphatic carbocycles. The van der Waals surface area contributed by atoms with Crippen molar-refractivity contribution in [1.29, 1.82) is 0 Å². The predicted molar refractivity (Wildman–Crippen MR) is 155 cm³/mol. The number of carbonyl (C=O) groups excluding carboxylic acids is 2. The van der Waals surface area contributed by atoms with E-state index in [1.54, 1.807) is 6.92 Å². The van der Waals surface area contributed by atoms with Crippen molar-refractivity contribution in [2.24, 2.45) is 17.1 Å². The number of nitrogens with one attached hydrogen (secondary N) is 1. The number of carbonyl (C=O) groups is 2. The molecule has 16 heteroatoms. The summed E-state index contributed by atoms with van der Waals surface area (Å²) in [6.07, 6.45) is -0.448. The molecule has 14 nitrogen and oxygen atoms in total. The van der Waals surface area contributed by atoms with Crippen LogP contribution < -0.4 is 22.2 Å². The topological polar surface area (TPSA) is 196 Å². The Balaban J connectivity index is 2.19. The van der Waals surface area contributed by atoms with Gasteiger partial charge in [-0.05, 0) is 26.8 Å². The second-order valence-electron chi connectivity index (χ2n) is 11.1. The molecule has 41 heavy (non-hydrogen) atoms. The summed E-state index contributed by atoms with van der Waals surface area (Å²) >= 11 is 1.08. The second kappa shape index (κ2) is 15.6. The number of anilines is 1. The number of nitrogens with zero attached hydrogens (tertiary/aromatic N) is 2. The molecule has 0 aromatic carbocycles. The summed E-state index contributed by atoms with van der Waals surface area (Å²) in [5.41, 5.74) is 10.8. The zero-order valence-electron chi connectivity index (χ0n) is 24.7. The van der Waals surface area contributed by atoms with E-state index in [1.165, 1.54) is 23.8 Å². The van der Waals surface area contributed by atoms with E-state index in [1.807, 2.05) is 34.6 Å². The van der Waals surface area contributed by atoms with Crippen LogP contribution in [0.4, 0.5) is 5.82 Å².